The van der Waals surface area contributed by atoms with Gasteiger partial charge in [0.1, 0.15) is 5.82 Å². The number of benzene rings is 1. The quantitative estimate of drug-likeness (QED) is 0.818. The summed E-state index contributed by atoms with van der Waals surface area (Å²) in [6.45, 7) is 6.99. The van der Waals surface area contributed by atoms with E-state index in [1.54, 1.807) is 6.07 Å². The maximum atomic E-state index is 13.3. The second-order valence-electron chi connectivity index (χ2n) is 5.14. The van der Waals surface area contributed by atoms with Crippen LogP contribution < -0.4 is 5.32 Å². The molecule has 0 aliphatic carbocycles. The molecule has 1 aromatic rings. The van der Waals surface area contributed by atoms with E-state index in [1.807, 2.05) is 0 Å². The standard InChI is InChI=1S/C15H22ClFN2O/c1-2-5-18-9-14-11-20-7-6-19(14)10-12-8-13(17)3-4-15(12)16/h3-4,8,14,18H,2,5-7,9-11H2,1H3. The maximum absolute atomic E-state index is 13.3. The largest absolute Gasteiger partial charge is 0.378 e. The number of nitrogens with one attached hydrogen (secondary N) is 1. The summed E-state index contributed by atoms with van der Waals surface area (Å²) in [5, 5.41) is 4.04. The summed E-state index contributed by atoms with van der Waals surface area (Å²) in [5.74, 6) is -0.238. The Bertz CT molecular complexity index is 430. The van der Waals surface area contributed by atoms with Gasteiger partial charge in [0.25, 0.3) is 0 Å². The van der Waals surface area contributed by atoms with Crippen molar-refractivity contribution < 1.29 is 9.13 Å². The van der Waals surface area contributed by atoms with E-state index >= 15 is 0 Å². The van der Waals surface area contributed by atoms with Crippen molar-refractivity contribution in [2.45, 2.75) is 25.9 Å². The molecule has 1 unspecified atom stereocenters. The van der Waals surface area contributed by atoms with Gasteiger partial charge in [-0.2, -0.15) is 0 Å². The molecule has 0 aromatic heterocycles. The Morgan fingerprint density at radius 2 is 2.35 bits per heavy atom. The molecular formula is C15H22ClFN2O. The van der Waals surface area contributed by atoms with E-state index in [0.29, 0.717) is 24.2 Å². The number of morpholine rings is 1. The van der Waals surface area contributed by atoms with Crippen LogP contribution in [0.3, 0.4) is 0 Å². The molecule has 1 aliphatic rings. The van der Waals surface area contributed by atoms with E-state index in [1.165, 1.54) is 12.1 Å². The van der Waals surface area contributed by atoms with Crippen molar-refractivity contribution in [3.63, 3.8) is 0 Å². The fraction of sp³-hybridized carbons (Fsp3) is 0.600. The van der Waals surface area contributed by atoms with Gasteiger partial charge in [-0.1, -0.05) is 18.5 Å². The lowest BCUT2D eigenvalue weighted by atomic mass is 10.1. The predicted molar refractivity (Wildman–Crippen MR) is 79.6 cm³/mol. The highest BCUT2D eigenvalue weighted by Crippen LogP contribution is 2.21. The van der Waals surface area contributed by atoms with Gasteiger partial charge in [0.2, 0.25) is 0 Å². The van der Waals surface area contributed by atoms with Crippen molar-refractivity contribution >= 4 is 11.6 Å². The van der Waals surface area contributed by atoms with Crippen molar-refractivity contribution in [1.82, 2.24) is 10.2 Å². The summed E-state index contributed by atoms with van der Waals surface area (Å²) in [5.41, 5.74) is 0.842. The van der Waals surface area contributed by atoms with Crippen LogP contribution in [-0.4, -0.2) is 43.8 Å². The zero-order valence-electron chi connectivity index (χ0n) is 11.9. The van der Waals surface area contributed by atoms with Crippen LogP contribution in [0.2, 0.25) is 5.02 Å². The van der Waals surface area contributed by atoms with Gasteiger partial charge in [-0.3, -0.25) is 4.90 Å². The minimum atomic E-state index is -0.238. The van der Waals surface area contributed by atoms with Gasteiger partial charge in [-0.25, -0.2) is 4.39 Å². The highest BCUT2D eigenvalue weighted by Gasteiger charge is 2.23. The molecule has 0 radical (unpaired) electrons. The molecule has 1 atom stereocenters. The van der Waals surface area contributed by atoms with Crippen molar-refractivity contribution in [3.8, 4) is 0 Å². The minimum Gasteiger partial charge on any atom is -0.378 e. The van der Waals surface area contributed by atoms with Crippen LogP contribution in [0.1, 0.15) is 18.9 Å². The Balaban J connectivity index is 1.98. The number of hydrogen-bond acceptors (Lipinski definition) is 3. The Hall–Kier alpha value is -0.680. The molecule has 1 N–H and O–H groups in total. The molecule has 1 fully saturated rings. The van der Waals surface area contributed by atoms with Gasteiger partial charge >= 0.3 is 0 Å². The van der Waals surface area contributed by atoms with Gasteiger partial charge in [-0.05, 0) is 36.7 Å². The summed E-state index contributed by atoms with van der Waals surface area (Å²) < 4.78 is 18.9. The minimum absolute atomic E-state index is 0.238. The van der Waals surface area contributed by atoms with E-state index in [0.717, 1.165) is 38.2 Å². The summed E-state index contributed by atoms with van der Waals surface area (Å²) in [7, 11) is 0. The zero-order chi connectivity index (χ0) is 14.4. The lowest BCUT2D eigenvalue weighted by molar-refractivity contribution is -0.0108. The fourth-order valence-electron chi connectivity index (χ4n) is 2.41. The van der Waals surface area contributed by atoms with Crippen LogP contribution >= 0.6 is 11.6 Å². The average molecular weight is 301 g/mol. The normalized spacial score (nSPS) is 20.2. The summed E-state index contributed by atoms with van der Waals surface area (Å²) in [4.78, 5) is 2.31. The van der Waals surface area contributed by atoms with Gasteiger partial charge in [0.05, 0.1) is 13.2 Å². The van der Waals surface area contributed by atoms with Crippen LogP contribution in [0.5, 0.6) is 0 Å². The molecule has 5 heteroatoms. The molecule has 1 aliphatic heterocycles. The smallest absolute Gasteiger partial charge is 0.123 e. The van der Waals surface area contributed by atoms with Gasteiger partial charge in [0.15, 0.2) is 0 Å². The fourth-order valence-corrected chi connectivity index (χ4v) is 2.59. The van der Waals surface area contributed by atoms with Crippen molar-refractivity contribution in [1.29, 1.82) is 0 Å². The van der Waals surface area contributed by atoms with Crippen LogP contribution in [0.15, 0.2) is 18.2 Å². The lowest BCUT2D eigenvalue weighted by Gasteiger charge is -2.36. The topological polar surface area (TPSA) is 24.5 Å². The second-order valence-corrected chi connectivity index (χ2v) is 5.55. The summed E-state index contributed by atoms with van der Waals surface area (Å²) in [6.07, 6.45) is 1.11. The molecule has 2 rings (SSSR count). The SMILES string of the molecule is CCCNCC1COCCN1Cc1cc(F)ccc1Cl. The molecule has 0 spiro atoms. The van der Waals surface area contributed by atoms with Crippen LogP contribution in [-0.2, 0) is 11.3 Å². The predicted octanol–water partition coefficient (Wildman–Crippen LogP) is 2.68. The first kappa shape index (κ1) is 15.7. The van der Waals surface area contributed by atoms with E-state index < -0.39 is 0 Å². The molecule has 0 bridgehead atoms. The van der Waals surface area contributed by atoms with E-state index in [4.69, 9.17) is 16.3 Å². The molecule has 0 amide bonds. The third-order valence-corrected chi connectivity index (χ3v) is 3.91. The number of halogens is 2. The molecule has 1 saturated heterocycles. The van der Waals surface area contributed by atoms with Crippen LogP contribution in [0.25, 0.3) is 0 Å². The zero-order valence-corrected chi connectivity index (χ0v) is 12.6. The number of rotatable bonds is 6. The average Bonchev–Trinajstić information content (AvgIpc) is 2.45. The van der Waals surface area contributed by atoms with Crippen LogP contribution in [0, 0.1) is 5.82 Å². The van der Waals surface area contributed by atoms with Crippen LogP contribution in [0.4, 0.5) is 4.39 Å². The summed E-state index contributed by atoms with van der Waals surface area (Å²) in [6, 6.07) is 4.85. The van der Waals surface area contributed by atoms with E-state index in [9.17, 15) is 4.39 Å². The number of nitrogens with zero attached hydrogens (tertiary/aromatic N) is 1. The first-order valence-corrected chi connectivity index (χ1v) is 7.55. The van der Waals surface area contributed by atoms with E-state index in [2.05, 4.69) is 17.1 Å². The summed E-state index contributed by atoms with van der Waals surface area (Å²) >= 11 is 6.15. The van der Waals surface area contributed by atoms with E-state index in [-0.39, 0.29) is 5.82 Å². The Labute approximate surface area is 125 Å². The lowest BCUT2D eigenvalue weighted by Crippen LogP contribution is -2.50. The van der Waals surface area contributed by atoms with Crippen molar-refractivity contribution in [2.75, 3.05) is 32.8 Å². The second kappa shape index (κ2) is 7.93. The molecule has 20 heavy (non-hydrogen) atoms. The number of hydrogen-bond donors (Lipinski definition) is 1. The first-order chi connectivity index (χ1) is 9.70. The van der Waals surface area contributed by atoms with Crippen molar-refractivity contribution in [3.05, 3.63) is 34.6 Å². The highest BCUT2D eigenvalue weighted by molar-refractivity contribution is 6.31. The molecule has 1 heterocycles. The Kier molecular flexibility index (Phi) is 6.23. The number of ether oxygens (including phenoxy) is 1. The molecule has 1 aromatic carbocycles. The monoisotopic (exact) mass is 300 g/mol. The molecule has 3 nitrogen and oxygen atoms in total. The maximum Gasteiger partial charge on any atom is 0.123 e. The Morgan fingerprint density at radius 1 is 1.50 bits per heavy atom. The van der Waals surface area contributed by atoms with Gasteiger partial charge < -0.3 is 10.1 Å². The Morgan fingerprint density at radius 3 is 3.15 bits per heavy atom. The molecule has 0 saturated carbocycles. The van der Waals surface area contributed by atoms with Crippen molar-refractivity contribution in [2.24, 2.45) is 0 Å². The van der Waals surface area contributed by atoms with Gasteiger partial charge in [0, 0.05) is 30.7 Å². The molecular weight excluding hydrogens is 279 g/mol. The third kappa shape index (κ3) is 4.42. The van der Waals surface area contributed by atoms with Gasteiger partial charge in [-0.15, -0.1) is 0 Å². The highest BCUT2D eigenvalue weighted by atomic mass is 35.5. The third-order valence-electron chi connectivity index (χ3n) is 3.54. The molecule has 112 valence electrons. The first-order valence-electron chi connectivity index (χ1n) is 7.17.